The largest absolute Gasteiger partial charge is 0.507 e. The van der Waals surface area contributed by atoms with Crippen LogP contribution in [0.25, 0.3) is 10.8 Å². The number of halogens is 1. The number of hydrogen-bond acceptors (Lipinski definition) is 2. The Hall–Kier alpha value is -1.22. The fourth-order valence-corrected chi connectivity index (χ4v) is 2.56. The first-order valence-corrected chi connectivity index (χ1v) is 6.06. The third-order valence-corrected chi connectivity index (χ3v) is 3.58. The van der Waals surface area contributed by atoms with E-state index in [1.165, 1.54) is 0 Å². The van der Waals surface area contributed by atoms with Crippen LogP contribution in [-0.4, -0.2) is 10.2 Å². The zero-order chi connectivity index (χ0) is 11.7. The maximum atomic E-state index is 9.90. The summed E-state index contributed by atoms with van der Waals surface area (Å²) in [6.45, 7) is 2.09. The lowest BCUT2D eigenvalue weighted by atomic mass is 10.0. The van der Waals surface area contributed by atoms with Gasteiger partial charge in [0.2, 0.25) is 0 Å². The highest BCUT2D eigenvalue weighted by Crippen LogP contribution is 2.39. The maximum Gasteiger partial charge on any atom is 0.127 e. The van der Waals surface area contributed by atoms with Crippen LogP contribution in [0.5, 0.6) is 11.5 Å². The van der Waals surface area contributed by atoms with Gasteiger partial charge in [-0.15, -0.1) is 0 Å². The van der Waals surface area contributed by atoms with Crippen LogP contribution >= 0.6 is 15.9 Å². The quantitative estimate of drug-likeness (QED) is 0.874. The van der Waals surface area contributed by atoms with Crippen molar-refractivity contribution in [2.75, 3.05) is 0 Å². The molecule has 0 bridgehead atoms. The number of fused-ring (bicyclic) bond motifs is 1. The van der Waals surface area contributed by atoms with Gasteiger partial charge in [0.25, 0.3) is 0 Å². The van der Waals surface area contributed by atoms with Gasteiger partial charge in [-0.1, -0.05) is 25.5 Å². The Morgan fingerprint density at radius 3 is 2.62 bits per heavy atom. The van der Waals surface area contributed by atoms with E-state index in [4.69, 9.17) is 0 Å². The summed E-state index contributed by atoms with van der Waals surface area (Å²) in [5.74, 6) is 0.249. The van der Waals surface area contributed by atoms with Gasteiger partial charge in [0.15, 0.2) is 0 Å². The molecular formula is C13H13BrO2. The van der Waals surface area contributed by atoms with Crippen molar-refractivity contribution in [3.8, 4) is 11.5 Å². The molecule has 84 valence electrons. The summed E-state index contributed by atoms with van der Waals surface area (Å²) in [4.78, 5) is 0. The van der Waals surface area contributed by atoms with E-state index in [0.717, 1.165) is 28.3 Å². The molecule has 0 radical (unpaired) electrons. The van der Waals surface area contributed by atoms with Crippen molar-refractivity contribution in [2.24, 2.45) is 0 Å². The predicted octanol–water partition coefficient (Wildman–Crippen LogP) is 3.97. The third-order valence-electron chi connectivity index (χ3n) is 2.65. The van der Waals surface area contributed by atoms with E-state index >= 15 is 0 Å². The Kier molecular flexibility index (Phi) is 3.06. The van der Waals surface area contributed by atoms with Gasteiger partial charge < -0.3 is 10.2 Å². The van der Waals surface area contributed by atoms with Crippen molar-refractivity contribution in [2.45, 2.75) is 19.8 Å². The summed E-state index contributed by atoms with van der Waals surface area (Å²) < 4.78 is 0.957. The molecule has 0 aliphatic carbocycles. The lowest BCUT2D eigenvalue weighted by Gasteiger charge is -2.10. The van der Waals surface area contributed by atoms with Gasteiger partial charge in [-0.3, -0.25) is 0 Å². The maximum absolute atomic E-state index is 9.90. The molecule has 0 aliphatic heterocycles. The van der Waals surface area contributed by atoms with E-state index < -0.39 is 0 Å². The number of rotatable bonds is 2. The van der Waals surface area contributed by atoms with Crippen molar-refractivity contribution >= 4 is 26.7 Å². The lowest BCUT2D eigenvalue weighted by molar-refractivity contribution is 0.463. The molecule has 0 saturated carbocycles. The van der Waals surface area contributed by atoms with E-state index in [1.807, 2.05) is 6.07 Å². The molecule has 16 heavy (non-hydrogen) atoms. The summed E-state index contributed by atoms with van der Waals surface area (Å²) in [6.07, 6.45) is 1.92. The molecule has 0 saturated heterocycles. The molecule has 0 unspecified atom stereocenters. The zero-order valence-corrected chi connectivity index (χ0v) is 10.6. The van der Waals surface area contributed by atoms with Crippen LogP contribution in [0.4, 0.5) is 0 Å². The molecule has 2 rings (SSSR count). The zero-order valence-electron chi connectivity index (χ0n) is 9.00. The van der Waals surface area contributed by atoms with Crippen LogP contribution < -0.4 is 0 Å². The number of phenolic OH excluding ortho intramolecular Hbond substituents is 2. The number of phenols is 2. The highest BCUT2D eigenvalue weighted by atomic mass is 79.9. The molecular weight excluding hydrogens is 268 g/mol. The van der Waals surface area contributed by atoms with Crippen molar-refractivity contribution in [3.63, 3.8) is 0 Å². The van der Waals surface area contributed by atoms with Crippen LogP contribution in [0.1, 0.15) is 18.9 Å². The van der Waals surface area contributed by atoms with Crippen LogP contribution in [0.15, 0.2) is 28.7 Å². The number of benzene rings is 2. The highest BCUT2D eigenvalue weighted by molar-refractivity contribution is 9.10. The van der Waals surface area contributed by atoms with Crippen molar-refractivity contribution in [3.05, 3.63) is 34.3 Å². The second-order valence-corrected chi connectivity index (χ2v) is 4.61. The minimum Gasteiger partial charge on any atom is -0.507 e. The molecule has 0 spiro atoms. The molecule has 2 aromatic carbocycles. The summed E-state index contributed by atoms with van der Waals surface area (Å²) >= 11 is 3.53. The normalized spacial score (nSPS) is 10.9. The molecule has 0 aromatic heterocycles. The Morgan fingerprint density at radius 1 is 1.19 bits per heavy atom. The van der Waals surface area contributed by atoms with Crippen LogP contribution in [0.3, 0.4) is 0 Å². The fourth-order valence-electron chi connectivity index (χ4n) is 1.92. The van der Waals surface area contributed by atoms with Crippen molar-refractivity contribution < 1.29 is 10.2 Å². The Labute approximate surface area is 103 Å². The number of aromatic hydroxyl groups is 2. The molecule has 0 atom stereocenters. The molecule has 3 heteroatoms. The highest BCUT2D eigenvalue weighted by Gasteiger charge is 2.11. The number of hydrogen-bond donors (Lipinski definition) is 2. The molecule has 2 aromatic rings. The van der Waals surface area contributed by atoms with Gasteiger partial charge in [-0.2, -0.15) is 0 Å². The van der Waals surface area contributed by atoms with Gasteiger partial charge >= 0.3 is 0 Å². The lowest BCUT2D eigenvalue weighted by Crippen LogP contribution is -1.88. The summed E-state index contributed by atoms with van der Waals surface area (Å²) in [6, 6.07) is 6.96. The molecule has 2 nitrogen and oxygen atoms in total. The van der Waals surface area contributed by atoms with E-state index in [-0.39, 0.29) is 11.5 Å². The van der Waals surface area contributed by atoms with Crippen LogP contribution in [0, 0.1) is 0 Å². The van der Waals surface area contributed by atoms with Crippen LogP contribution in [0.2, 0.25) is 0 Å². The molecule has 2 N–H and O–H groups in total. The summed E-state index contributed by atoms with van der Waals surface area (Å²) in [5.41, 5.74) is 1.07. The van der Waals surface area contributed by atoms with Crippen molar-refractivity contribution in [1.29, 1.82) is 0 Å². The van der Waals surface area contributed by atoms with Crippen LogP contribution in [-0.2, 0) is 6.42 Å². The van der Waals surface area contributed by atoms with Gasteiger partial charge in [0.05, 0.1) is 5.39 Å². The topological polar surface area (TPSA) is 40.5 Å². The SMILES string of the molecule is CCCc1cc(O)c2c(O)cccc2c1Br. The first-order chi connectivity index (χ1) is 7.65. The average Bonchev–Trinajstić information content (AvgIpc) is 2.25. The second-order valence-electron chi connectivity index (χ2n) is 3.82. The number of aryl methyl sites for hydroxylation is 1. The van der Waals surface area contributed by atoms with Gasteiger partial charge in [0.1, 0.15) is 11.5 Å². The summed E-state index contributed by atoms with van der Waals surface area (Å²) in [7, 11) is 0. The van der Waals surface area contributed by atoms with E-state index in [9.17, 15) is 10.2 Å². The molecule has 0 heterocycles. The summed E-state index contributed by atoms with van der Waals surface area (Å²) in [5, 5.41) is 21.0. The van der Waals surface area contributed by atoms with Gasteiger partial charge in [0, 0.05) is 9.86 Å². The molecule has 0 fully saturated rings. The smallest absolute Gasteiger partial charge is 0.127 e. The van der Waals surface area contributed by atoms with E-state index in [2.05, 4.69) is 22.9 Å². The molecule has 0 aliphatic rings. The van der Waals surface area contributed by atoms with Gasteiger partial charge in [-0.05, 0) is 40.0 Å². The Morgan fingerprint density at radius 2 is 1.94 bits per heavy atom. The minimum atomic E-state index is 0.110. The second kappa shape index (κ2) is 4.34. The van der Waals surface area contributed by atoms with Crippen molar-refractivity contribution in [1.82, 2.24) is 0 Å². The predicted molar refractivity (Wildman–Crippen MR) is 69.0 cm³/mol. The van der Waals surface area contributed by atoms with E-state index in [1.54, 1.807) is 18.2 Å². The first-order valence-electron chi connectivity index (χ1n) is 5.27. The minimum absolute atomic E-state index is 0.110. The first kappa shape index (κ1) is 11.3. The third kappa shape index (κ3) is 1.76. The molecule has 0 amide bonds. The van der Waals surface area contributed by atoms with Gasteiger partial charge in [-0.25, -0.2) is 0 Å². The Bertz CT molecular complexity index is 535. The standard InChI is InChI=1S/C13H13BrO2/c1-2-4-8-7-11(16)12-9(13(8)14)5-3-6-10(12)15/h3,5-7,15-16H,2,4H2,1H3. The monoisotopic (exact) mass is 280 g/mol. The fraction of sp³-hybridized carbons (Fsp3) is 0.231. The van der Waals surface area contributed by atoms with E-state index in [0.29, 0.717) is 5.39 Å². The Balaban J connectivity index is 2.79. The average molecular weight is 281 g/mol.